The average molecular weight is 341 g/mol. The summed E-state index contributed by atoms with van der Waals surface area (Å²) in [4.78, 5) is 2.25. The quantitative estimate of drug-likeness (QED) is 0.864. The van der Waals surface area contributed by atoms with Crippen molar-refractivity contribution in [1.82, 2.24) is 5.32 Å². The Balaban J connectivity index is 1.99. The summed E-state index contributed by atoms with van der Waals surface area (Å²) >= 11 is 3.66. The molecule has 4 heteroatoms. The van der Waals surface area contributed by atoms with E-state index in [2.05, 4.69) is 58.2 Å². The molecular weight excluding hydrogens is 316 g/mol. The minimum atomic E-state index is -0.559. The van der Waals surface area contributed by atoms with Crippen LogP contribution in [0.3, 0.4) is 0 Å². The van der Waals surface area contributed by atoms with Crippen LogP contribution < -0.4 is 10.2 Å². The molecule has 1 heterocycles. The number of benzene rings is 1. The molecule has 1 fully saturated rings. The summed E-state index contributed by atoms with van der Waals surface area (Å²) in [5.41, 5.74) is 1.90. The van der Waals surface area contributed by atoms with Crippen LogP contribution in [0.2, 0.25) is 0 Å². The fourth-order valence-electron chi connectivity index (χ4n) is 2.57. The minimum absolute atomic E-state index is 0.559. The summed E-state index contributed by atoms with van der Waals surface area (Å²) in [6, 6.07) is 6.49. The molecule has 0 radical (unpaired) electrons. The number of hydrogen-bond acceptors (Lipinski definition) is 3. The zero-order valence-corrected chi connectivity index (χ0v) is 14.2. The SMILES string of the molecule is CC(C)CNCc1ccc(N2CCC(C)(O)C2)c(Br)c1. The molecule has 1 aromatic carbocycles. The maximum Gasteiger partial charge on any atom is 0.0810 e. The monoisotopic (exact) mass is 340 g/mol. The van der Waals surface area contributed by atoms with E-state index in [9.17, 15) is 5.11 Å². The van der Waals surface area contributed by atoms with Gasteiger partial charge in [0.05, 0.1) is 11.3 Å². The molecule has 0 saturated carbocycles. The number of nitrogens with zero attached hydrogens (tertiary/aromatic N) is 1. The lowest BCUT2D eigenvalue weighted by Gasteiger charge is -2.22. The van der Waals surface area contributed by atoms with Crippen LogP contribution in [0.5, 0.6) is 0 Å². The van der Waals surface area contributed by atoms with Crippen LogP contribution in [0, 0.1) is 5.92 Å². The van der Waals surface area contributed by atoms with E-state index in [1.807, 2.05) is 6.92 Å². The zero-order chi connectivity index (χ0) is 14.8. The first-order valence-corrected chi connectivity index (χ1v) is 8.13. The number of anilines is 1. The van der Waals surface area contributed by atoms with Crippen molar-refractivity contribution >= 4 is 21.6 Å². The first kappa shape index (κ1) is 15.8. The summed E-state index contributed by atoms with van der Waals surface area (Å²) in [6.07, 6.45) is 0.830. The smallest absolute Gasteiger partial charge is 0.0810 e. The van der Waals surface area contributed by atoms with E-state index in [4.69, 9.17) is 0 Å². The largest absolute Gasteiger partial charge is 0.388 e. The van der Waals surface area contributed by atoms with Crippen LogP contribution in [0.1, 0.15) is 32.8 Å². The van der Waals surface area contributed by atoms with Crippen molar-refractivity contribution in [2.24, 2.45) is 5.92 Å². The van der Waals surface area contributed by atoms with E-state index in [0.29, 0.717) is 12.5 Å². The Morgan fingerprint density at radius 3 is 2.75 bits per heavy atom. The van der Waals surface area contributed by atoms with Gasteiger partial charge in [0.15, 0.2) is 0 Å². The molecule has 20 heavy (non-hydrogen) atoms. The summed E-state index contributed by atoms with van der Waals surface area (Å²) in [7, 11) is 0. The molecule has 1 aliphatic heterocycles. The van der Waals surface area contributed by atoms with Gasteiger partial charge in [-0.25, -0.2) is 0 Å². The van der Waals surface area contributed by atoms with Crippen molar-refractivity contribution in [3.63, 3.8) is 0 Å². The van der Waals surface area contributed by atoms with Crippen LogP contribution in [0.15, 0.2) is 22.7 Å². The zero-order valence-electron chi connectivity index (χ0n) is 12.6. The molecule has 1 saturated heterocycles. The van der Waals surface area contributed by atoms with Crippen molar-refractivity contribution in [2.45, 2.75) is 39.3 Å². The molecule has 3 nitrogen and oxygen atoms in total. The normalized spacial score (nSPS) is 22.8. The summed E-state index contributed by atoms with van der Waals surface area (Å²) in [5, 5.41) is 13.5. The van der Waals surface area contributed by atoms with Crippen molar-refractivity contribution in [1.29, 1.82) is 0 Å². The predicted octanol–water partition coefficient (Wildman–Crippen LogP) is 3.16. The Bertz CT molecular complexity index is 460. The number of hydrogen-bond donors (Lipinski definition) is 2. The molecule has 112 valence electrons. The van der Waals surface area contributed by atoms with E-state index < -0.39 is 5.60 Å². The Kier molecular flexibility index (Phi) is 5.10. The highest BCUT2D eigenvalue weighted by atomic mass is 79.9. The number of nitrogens with one attached hydrogen (secondary N) is 1. The molecule has 0 bridgehead atoms. The summed E-state index contributed by atoms with van der Waals surface area (Å²) < 4.78 is 1.11. The van der Waals surface area contributed by atoms with Gasteiger partial charge in [0, 0.05) is 24.1 Å². The lowest BCUT2D eigenvalue weighted by atomic mass is 10.1. The number of rotatable bonds is 5. The molecule has 1 aromatic rings. The van der Waals surface area contributed by atoms with Crippen LogP contribution in [-0.2, 0) is 6.54 Å². The summed E-state index contributed by atoms with van der Waals surface area (Å²) in [6.45, 7) is 9.89. The van der Waals surface area contributed by atoms with Crippen molar-refractivity contribution < 1.29 is 5.11 Å². The fraction of sp³-hybridized carbons (Fsp3) is 0.625. The Hall–Kier alpha value is -0.580. The predicted molar refractivity (Wildman–Crippen MR) is 88.1 cm³/mol. The highest BCUT2D eigenvalue weighted by molar-refractivity contribution is 9.10. The maximum absolute atomic E-state index is 10.1. The Labute approximate surface area is 130 Å². The van der Waals surface area contributed by atoms with Gasteiger partial charge in [0.25, 0.3) is 0 Å². The van der Waals surface area contributed by atoms with Crippen molar-refractivity contribution in [2.75, 3.05) is 24.5 Å². The fourth-order valence-corrected chi connectivity index (χ4v) is 3.25. The highest BCUT2D eigenvalue weighted by Gasteiger charge is 2.32. The molecular formula is C16H25BrN2O. The van der Waals surface area contributed by atoms with Gasteiger partial charge in [-0.05, 0) is 59.4 Å². The van der Waals surface area contributed by atoms with E-state index in [1.165, 1.54) is 11.3 Å². The first-order chi connectivity index (χ1) is 9.37. The second-order valence-electron chi connectivity index (χ2n) is 6.48. The molecule has 2 N–H and O–H groups in total. The van der Waals surface area contributed by atoms with Gasteiger partial charge >= 0.3 is 0 Å². The third-order valence-electron chi connectivity index (χ3n) is 3.69. The molecule has 1 aliphatic rings. The lowest BCUT2D eigenvalue weighted by molar-refractivity contribution is 0.0839. The van der Waals surface area contributed by atoms with Crippen LogP contribution in [0.25, 0.3) is 0 Å². The van der Waals surface area contributed by atoms with Crippen molar-refractivity contribution in [3.8, 4) is 0 Å². The average Bonchev–Trinajstić information content (AvgIpc) is 2.69. The highest BCUT2D eigenvalue weighted by Crippen LogP contribution is 2.32. The molecule has 0 amide bonds. The number of halogens is 1. The van der Waals surface area contributed by atoms with E-state index in [-0.39, 0.29) is 0 Å². The van der Waals surface area contributed by atoms with Crippen molar-refractivity contribution in [3.05, 3.63) is 28.2 Å². The summed E-state index contributed by atoms with van der Waals surface area (Å²) in [5.74, 6) is 0.671. The molecule has 0 aliphatic carbocycles. The molecule has 2 rings (SSSR count). The van der Waals surface area contributed by atoms with Crippen LogP contribution in [0.4, 0.5) is 5.69 Å². The van der Waals surface area contributed by atoms with Gasteiger partial charge < -0.3 is 15.3 Å². The first-order valence-electron chi connectivity index (χ1n) is 7.34. The third kappa shape index (κ3) is 4.21. The van der Waals surface area contributed by atoms with E-state index in [1.54, 1.807) is 0 Å². The van der Waals surface area contributed by atoms with Gasteiger partial charge in [-0.15, -0.1) is 0 Å². The van der Waals surface area contributed by atoms with Gasteiger partial charge in [-0.3, -0.25) is 0 Å². The Morgan fingerprint density at radius 2 is 2.20 bits per heavy atom. The van der Waals surface area contributed by atoms with Crippen LogP contribution in [-0.4, -0.2) is 30.3 Å². The second kappa shape index (κ2) is 6.46. The maximum atomic E-state index is 10.1. The molecule has 1 unspecified atom stereocenters. The van der Waals surface area contributed by atoms with Gasteiger partial charge in [0.1, 0.15) is 0 Å². The molecule has 1 atom stereocenters. The Morgan fingerprint density at radius 1 is 1.45 bits per heavy atom. The second-order valence-corrected chi connectivity index (χ2v) is 7.33. The lowest BCUT2D eigenvalue weighted by Crippen LogP contribution is -2.29. The van der Waals surface area contributed by atoms with Gasteiger partial charge in [0.2, 0.25) is 0 Å². The molecule has 0 aromatic heterocycles. The topological polar surface area (TPSA) is 35.5 Å². The van der Waals surface area contributed by atoms with E-state index >= 15 is 0 Å². The van der Waals surface area contributed by atoms with E-state index in [0.717, 1.165) is 30.5 Å². The van der Waals surface area contributed by atoms with Gasteiger partial charge in [-0.2, -0.15) is 0 Å². The standard InChI is InChI=1S/C16H25BrN2O/c1-12(2)9-18-10-13-4-5-15(14(17)8-13)19-7-6-16(3,20)11-19/h4-5,8,12,18,20H,6-7,9-11H2,1-3H3. The molecule has 0 spiro atoms. The minimum Gasteiger partial charge on any atom is -0.388 e. The number of aliphatic hydroxyl groups is 1. The third-order valence-corrected chi connectivity index (χ3v) is 4.32. The number of β-amino-alcohol motifs (C(OH)–C–C–N with tert-alkyl or cyclic N) is 1. The van der Waals surface area contributed by atoms with Gasteiger partial charge in [-0.1, -0.05) is 19.9 Å². The van der Waals surface area contributed by atoms with Crippen LogP contribution >= 0.6 is 15.9 Å².